The van der Waals surface area contributed by atoms with Gasteiger partial charge in [-0.3, -0.25) is 0 Å². The fourth-order valence-corrected chi connectivity index (χ4v) is 2.85. The molecule has 0 saturated heterocycles. The first kappa shape index (κ1) is 14.1. The molecule has 19 heavy (non-hydrogen) atoms. The van der Waals surface area contributed by atoms with E-state index in [0.29, 0.717) is 0 Å². The molecule has 0 aromatic heterocycles. The molecule has 1 atom stereocenters. The standard InChI is InChI=1S/C17H15IO/c1-17(19,12-13-18)16(14-8-4-2-5-9-14)15-10-6-3-7-11-15/h2-11,16,19H,1H3. The molecule has 1 unspecified atom stereocenters. The van der Waals surface area contributed by atoms with Gasteiger partial charge in [0.2, 0.25) is 0 Å². The van der Waals surface area contributed by atoms with Crippen LogP contribution in [0.25, 0.3) is 0 Å². The normalized spacial score (nSPS) is 13.5. The van der Waals surface area contributed by atoms with Crippen LogP contribution in [-0.2, 0) is 0 Å². The van der Waals surface area contributed by atoms with Gasteiger partial charge in [0.15, 0.2) is 0 Å². The molecule has 0 bridgehead atoms. The first-order chi connectivity index (χ1) is 9.15. The molecule has 0 saturated carbocycles. The van der Waals surface area contributed by atoms with Crippen molar-refractivity contribution in [1.29, 1.82) is 0 Å². The van der Waals surface area contributed by atoms with Crippen molar-refractivity contribution >= 4 is 22.6 Å². The summed E-state index contributed by atoms with van der Waals surface area (Å²) in [4.78, 5) is 0. The summed E-state index contributed by atoms with van der Waals surface area (Å²) in [6.07, 6.45) is 0. The quantitative estimate of drug-likeness (QED) is 0.647. The Balaban J connectivity index is 2.54. The summed E-state index contributed by atoms with van der Waals surface area (Å²) in [5.41, 5.74) is 1.04. The molecule has 0 spiro atoms. The Labute approximate surface area is 127 Å². The molecule has 96 valence electrons. The van der Waals surface area contributed by atoms with Crippen molar-refractivity contribution in [3.05, 3.63) is 71.8 Å². The number of hydrogen-bond acceptors (Lipinski definition) is 1. The average Bonchev–Trinajstić information content (AvgIpc) is 2.41. The van der Waals surface area contributed by atoms with Crippen molar-refractivity contribution < 1.29 is 5.11 Å². The van der Waals surface area contributed by atoms with Crippen LogP contribution in [0.15, 0.2) is 60.7 Å². The van der Waals surface area contributed by atoms with Gasteiger partial charge in [0.1, 0.15) is 5.60 Å². The number of benzene rings is 2. The monoisotopic (exact) mass is 362 g/mol. The summed E-state index contributed by atoms with van der Waals surface area (Å²) in [7, 11) is 0. The third-order valence-corrected chi connectivity index (χ3v) is 3.40. The maximum Gasteiger partial charge on any atom is 0.134 e. The van der Waals surface area contributed by atoms with E-state index in [4.69, 9.17) is 0 Å². The second-order valence-corrected chi connectivity index (χ2v) is 5.16. The van der Waals surface area contributed by atoms with Crippen LogP contribution in [0, 0.1) is 9.85 Å². The van der Waals surface area contributed by atoms with Gasteiger partial charge in [-0.05, 0) is 22.0 Å². The minimum Gasteiger partial charge on any atom is -0.377 e. The third-order valence-electron chi connectivity index (χ3n) is 3.13. The van der Waals surface area contributed by atoms with Crippen LogP contribution >= 0.6 is 22.6 Å². The van der Waals surface area contributed by atoms with Gasteiger partial charge < -0.3 is 5.11 Å². The summed E-state index contributed by atoms with van der Waals surface area (Å²) < 4.78 is 2.80. The van der Waals surface area contributed by atoms with Gasteiger partial charge in [-0.25, -0.2) is 0 Å². The fourth-order valence-electron chi connectivity index (χ4n) is 2.30. The van der Waals surface area contributed by atoms with Crippen molar-refractivity contribution in [1.82, 2.24) is 0 Å². The molecule has 2 aromatic rings. The third kappa shape index (κ3) is 3.37. The van der Waals surface area contributed by atoms with Gasteiger partial charge in [-0.2, -0.15) is 0 Å². The lowest BCUT2D eigenvalue weighted by Gasteiger charge is -2.29. The highest BCUT2D eigenvalue weighted by atomic mass is 127. The van der Waals surface area contributed by atoms with E-state index < -0.39 is 5.60 Å². The van der Waals surface area contributed by atoms with Crippen molar-refractivity contribution in [2.24, 2.45) is 0 Å². The van der Waals surface area contributed by atoms with Gasteiger partial charge in [-0.1, -0.05) is 66.6 Å². The number of hydrogen-bond donors (Lipinski definition) is 1. The lowest BCUT2D eigenvalue weighted by molar-refractivity contribution is 0.104. The van der Waals surface area contributed by atoms with E-state index in [-0.39, 0.29) is 5.92 Å². The molecule has 0 radical (unpaired) electrons. The number of halogens is 1. The molecule has 0 aliphatic carbocycles. The lowest BCUT2D eigenvalue weighted by Crippen LogP contribution is -2.31. The van der Waals surface area contributed by atoms with E-state index in [9.17, 15) is 5.11 Å². The van der Waals surface area contributed by atoms with Crippen LogP contribution in [-0.4, -0.2) is 10.7 Å². The first-order valence-electron chi connectivity index (χ1n) is 6.10. The summed E-state index contributed by atoms with van der Waals surface area (Å²) in [5.74, 6) is 2.76. The maximum atomic E-state index is 10.7. The highest BCUT2D eigenvalue weighted by molar-refractivity contribution is 14.1. The minimum absolute atomic E-state index is 0.155. The summed E-state index contributed by atoms with van der Waals surface area (Å²) >= 11 is 1.96. The van der Waals surface area contributed by atoms with E-state index >= 15 is 0 Å². The van der Waals surface area contributed by atoms with Crippen molar-refractivity contribution in [3.63, 3.8) is 0 Å². The van der Waals surface area contributed by atoms with Gasteiger partial charge in [0, 0.05) is 28.5 Å². The average molecular weight is 362 g/mol. The number of rotatable bonds is 3. The molecule has 0 aliphatic rings. The molecule has 0 fully saturated rings. The van der Waals surface area contributed by atoms with Gasteiger partial charge in [0.25, 0.3) is 0 Å². The van der Waals surface area contributed by atoms with E-state index in [1.54, 1.807) is 6.92 Å². The van der Waals surface area contributed by atoms with Crippen LogP contribution in [0.4, 0.5) is 0 Å². The zero-order valence-electron chi connectivity index (χ0n) is 10.7. The van der Waals surface area contributed by atoms with Crippen molar-refractivity contribution in [2.75, 3.05) is 0 Å². The molecular weight excluding hydrogens is 347 g/mol. The zero-order chi connectivity index (χ0) is 13.7. The lowest BCUT2D eigenvalue weighted by atomic mass is 9.79. The topological polar surface area (TPSA) is 20.2 Å². The van der Waals surface area contributed by atoms with E-state index in [1.165, 1.54) is 0 Å². The Hall–Kier alpha value is -1.31. The Morgan fingerprint density at radius 3 is 1.74 bits per heavy atom. The molecular formula is C17H15IO. The molecule has 1 nitrogen and oxygen atoms in total. The predicted octanol–water partition coefficient (Wildman–Crippen LogP) is 3.97. The van der Waals surface area contributed by atoms with Crippen molar-refractivity contribution in [2.45, 2.75) is 18.4 Å². The molecule has 2 rings (SSSR count). The molecule has 2 heteroatoms. The van der Waals surface area contributed by atoms with Crippen LogP contribution in [0.1, 0.15) is 24.0 Å². The van der Waals surface area contributed by atoms with Crippen LogP contribution in [0.5, 0.6) is 0 Å². The zero-order valence-corrected chi connectivity index (χ0v) is 12.8. The molecule has 0 heterocycles. The first-order valence-corrected chi connectivity index (χ1v) is 7.18. The molecule has 2 aromatic carbocycles. The minimum atomic E-state index is -1.09. The second kappa shape index (κ2) is 6.23. The molecule has 0 amide bonds. The van der Waals surface area contributed by atoms with E-state index in [1.807, 2.05) is 83.3 Å². The van der Waals surface area contributed by atoms with Crippen LogP contribution in [0.3, 0.4) is 0 Å². The Bertz CT molecular complexity index is 539. The van der Waals surface area contributed by atoms with Crippen LogP contribution in [0.2, 0.25) is 0 Å². The Kier molecular flexibility index (Phi) is 4.62. The Morgan fingerprint density at radius 1 is 0.947 bits per heavy atom. The number of aliphatic hydroxyl groups is 1. The largest absolute Gasteiger partial charge is 0.377 e. The van der Waals surface area contributed by atoms with Crippen molar-refractivity contribution in [3.8, 4) is 9.85 Å². The van der Waals surface area contributed by atoms with Crippen LogP contribution < -0.4 is 0 Å². The van der Waals surface area contributed by atoms with Gasteiger partial charge in [0.05, 0.1) is 0 Å². The van der Waals surface area contributed by atoms with Gasteiger partial charge >= 0.3 is 0 Å². The summed E-state index contributed by atoms with van der Waals surface area (Å²) in [6, 6.07) is 20.0. The maximum absolute atomic E-state index is 10.7. The predicted molar refractivity (Wildman–Crippen MR) is 87.1 cm³/mol. The highest BCUT2D eigenvalue weighted by Crippen LogP contribution is 2.34. The summed E-state index contributed by atoms with van der Waals surface area (Å²) in [5, 5.41) is 10.7. The fraction of sp³-hybridized carbons (Fsp3) is 0.176. The second-order valence-electron chi connectivity index (χ2n) is 4.62. The summed E-state index contributed by atoms with van der Waals surface area (Å²) in [6.45, 7) is 1.77. The highest BCUT2D eigenvalue weighted by Gasteiger charge is 2.32. The van der Waals surface area contributed by atoms with Gasteiger partial charge in [-0.15, -0.1) is 0 Å². The Morgan fingerprint density at radius 2 is 1.37 bits per heavy atom. The smallest absolute Gasteiger partial charge is 0.134 e. The SMILES string of the molecule is CC(O)(C#CI)C(c1ccccc1)c1ccccc1. The van der Waals surface area contributed by atoms with E-state index in [2.05, 4.69) is 9.85 Å². The van der Waals surface area contributed by atoms with E-state index in [0.717, 1.165) is 11.1 Å². The molecule has 1 N–H and O–H groups in total. The molecule has 0 aliphatic heterocycles.